The van der Waals surface area contributed by atoms with Gasteiger partial charge in [0.15, 0.2) is 0 Å². The first-order valence-electron chi connectivity index (χ1n) is 4.72. The molecule has 0 fully saturated rings. The van der Waals surface area contributed by atoms with Crippen molar-refractivity contribution in [2.75, 3.05) is 0 Å². The molecule has 0 aliphatic heterocycles. The second kappa shape index (κ2) is 6.03. The zero-order chi connectivity index (χ0) is 10.4. The van der Waals surface area contributed by atoms with Gasteiger partial charge in [-0.25, -0.2) is 4.99 Å². The Labute approximate surface area is 85.9 Å². The Morgan fingerprint density at radius 2 is 2.00 bits per heavy atom. The second-order valence-electron chi connectivity index (χ2n) is 3.27. The molecule has 3 heteroatoms. The summed E-state index contributed by atoms with van der Waals surface area (Å²) in [4.78, 5) is 4.16. The van der Waals surface area contributed by atoms with Gasteiger partial charge in [-0.05, 0) is 25.3 Å². The van der Waals surface area contributed by atoms with Crippen molar-refractivity contribution < 1.29 is 0 Å². The molecule has 0 heterocycles. The van der Waals surface area contributed by atoms with E-state index in [1.54, 1.807) is 0 Å². The Balaban J connectivity index is 4.56. The summed E-state index contributed by atoms with van der Waals surface area (Å²) in [5, 5.41) is 0.542. The predicted molar refractivity (Wildman–Crippen MR) is 59.9 cm³/mol. The van der Waals surface area contributed by atoms with Gasteiger partial charge < -0.3 is 5.73 Å². The van der Waals surface area contributed by atoms with Crippen molar-refractivity contribution in [1.29, 1.82) is 0 Å². The standard InChI is InChI=1S/C10H19ClN2/c1-5-7(3)9(11)13-10(12)8(4)6-2/h8H,5-6H2,1-4H3,(H2,12,13)/b9-7+. The largest absolute Gasteiger partial charge is 0.387 e. The number of nitrogens with zero attached hydrogens (tertiary/aromatic N) is 1. The first-order chi connectivity index (χ1) is 6.02. The van der Waals surface area contributed by atoms with Gasteiger partial charge in [0.05, 0.1) is 0 Å². The van der Waals surface area contributed by atoms with Crippen molar-refractivity contribution >= 4 is 17.4 Å². The van der Waals surface area contributed by atoms with Crippen LogP contribution in [-0.4, -0.2) is 5.84 Å². The average molecular weight is 203 g/mol. The minimum atomic E-state index is 0.304. The average Bonchev–Trinajstić information content (AvgIpc) is 2.14. The number of amidine groups is 1. The van der Waals surface area contributed by atoms with Gasteiger partial charge >= 0.3 is 0 Å². The van der Waals surface area contributed by atoms with Crippen molar-refractivity contribution in [1.82, 2.24) is 0 Å². The zero-order valence-electron chi connectivity index (χ0n) is 8.89. The summed E-state index contributed by atoms with van der Waals surface area (Å²) in [5.41, 5.74) is 6.83. The summed E-state index contributed by atoms with van der Waals surface area (Å²) in [6.07, 6.45) is 1.90. The molecule has 0 amide bonds. The molecular formula is C10H19ClN2. The van der Waals surface area contributed by atoms with Crippen LogP contribution in [0.2, 0.25) is 0 Å². The van der Waals surface area contributed by atoms with Crippen LogP contribution < -0.4 is 5.73 Å². The van der Waals surface area contributed by atoms with Gasteiger partial charge in [0, 0.05) is 5.92 Å². The first kappa shape index (κ1) is 12.5. The molecule has 0 aliphatic carbocycles. The van der Waals surface area contributed by atoms with E-state index in [1.807, 2.05) is 20.8 Å². The highest BCUT2D eigenvalue weighted by atomic mass is 35.5. The molecule has 2 nitrogen and oxygen atoms in total. The van der Waals surface area contributed by atoms with E-state index in [9.17, 15) is 0 Å². The molecule has 2 N–H and O–H groups in total. The Morgan fingerprint density at radius 3 is 2.38 bits per heavy atom. The summed E-state index contributed by atoms with van der Waals surface area (Å²) in [5.74, 6) is 0.929. The third-order valence-corrected chi connectivity index (χ3v) is 2.63. The fraction of sp³-hybridized carbons (Fsp3) is 0.700. The quantitative estimate of drug-likeness (QED) is 0.424. The van der Waals surface area contributed by atoms with Crippen molar-refractivity contribution in [3.05, 3.63) is 10.7 Å². The third-order valence-electron chi connectivity index (χ3n) is 2.23. The van der Waals surface area contributed by atoms with Crippen LogP contribution in [0.25, 0.3) is 0 Å². The van der Waals surface area contributed by atoms with E-state index in [2.05, 4.69) is 11.9 Å². The second-order valence-corrected chi connectivity index (χ2v) is 3.63. The minimum Gasteiger partial charge on any atom is -0.387 e. The number of nitrogens with two attached hydrogens (primary N) is 1. The summed E-state index contributed by atoms with van der Waals surface area (Å²) < 4.78 is 0. The molecular weight excluding hydrogens is 184 g/mol. The van der Waals surface area contributed by atoms with Crippen molar-refractivity contribution in [2.45, 2.75) is 40.5 Å². The Kier molecular flexibility index (Phi) is 5.80. The monoisotopic (exact) mass is 202 g/mol. The summed E-state index contributed by atoms with van der Waals surface area (Å²) >= 11 is 5.94. The lowest BCUT2D eigenvalue weighted by atomic mass is 10.1. The summed E-state index contributed by atoms with van der Waals surface area (Å²) in [6.45, 7) is 8.14. The van der Waals surface area contributed by atoms with E-state index in [0.29, 0.717) is 16.9 Å². The topological polar surface area (TPSA) is 38.4 Å². The highest BCUT2D eigenvalue weighted by Gasteiger charge is 2.04. The Bertz CT molecular complexity index is 219. The zero-order valence-corrected chi connectivity index (χ0v) is 9.65. The van der Waals surface area contributed by atoms with E-state index in [0.717, 1.165) is 18.4 Å². The molecule has 0 radical (unpaired) electrons. The van der Waals surface area contributed by atoms with Gasteiger partial charge in [0.2, 0.25) is 0 Å². The molecule has 0 aromatic heterocycles. The molecule has 13 heavy (non-hydrogen) atoms. The molecule has 0 aromatic carbocycles. The lowest BCUT2D eigenvalue weighted by Gasteiger charge is -2.07. The number of rotatable bonds is 4. The van der Waals surface area contributed by atoms with Crippen molar-refractivity contribution in [3.8, 4) is 0 Å². The maximum absolute atomic E-state index is 5.94. The molecule has 0 saturated carbocycles. The molecule has 0 rings (SSSR count). The summed E-state index contributed by atoms with van der Waals surface area (Å²) in [6, 6.07) is 0. The van der Waals surface area contributed by atoms with E-state index < -0.39 is 0 Å². The smallest absolute Gasteiger partial charge is 0.130 e. The van der Waals surface area contributed by atoms with Crippen LogP contribution in [0.15, 0.2) is 15.7 Å². The van der Waals surface area contributed by atoms with Crippen LogP contribution in [-0.2, 0) is 0 Å². The molecule has 0 bridgehead atoms. The first-order valence-corrected chi connectivity index (χ1v) is 5.09. The van der Waals surface area contributed by atoms with Crippen LogP contribution in [0.5, 0.6) is 0 Å². The van der Waals surface area contributed by atoms with Gasteiger partial charge in [-0.1, -0.05) is 32.4 Å². The van der Waals surface area contributed by atoms with Crippen LogP contribution in [0.4, 0.5) is 0 Å². The third kappa shape index (κ3) is 4.32. The SMILES string of the molecule is CC/C(C)=C(Cl)/N=C(\N)C(C)CC. The van der Waals surface area contributed by atoms with Crippen LogP contribution in [0, 0.1) is 5.92 Å². The van der Waals surface area contributed by atoms with Gasteiger partial charge in [-0.2, -0.15) is 0 Å². The Morgan fingerprint density at radius 1 is 1.46 bits per heavy atom. The van der Waals surface area contributed by atoms with E-state index in [4.69, 9.17) is 17.3 Å². The van der Waals surface area contributed by atoms with Gasteiger partial charge in [0.1, 0.15) is 11.0 Å². The summed E-state index contributed by atoms with van der Waals surface area (Å²) in [7, 11) is 0. The maximum Gasteiger partial charge on any atom is 0.130 e. The molecule has 76 valence electrons. The number of halogens is 1. The lowest BCUT2D eigenvalue weighted by Crippen LogP contribution is -2.20. The van der Waals surface area contributed by atoms with Gasteiger partial charge in [-0.15, -0.1) is 0 Å². The minimum absolute atomic E-state index is 0.304. The molecule has 0 aromatic rings. The van der Waals surface area contributed by atoms with Crippen LogP contribution >= 0.6 is 11.6 Å². The van der Waals surface area contributed by atoms with Gasteiger partial charge in [0.25, 0.3) is 0 Å². The fourth-order valence-corrected chi connectivity index (χ4v) is 0.905. The Hall–Kier alpha value is -0.500. The highest BCUT2D eigenvalue weighted by Crippen LogP contribution is 2.14. The fourth-order valence-electron chi connectivity index (χ4n) is 0.674. The van der Waals surface area contributed by atoms with Crippen LogP contribution in [0.3, 0.4) is 0 Å². The van der Waals surface area contributed by atoms with E-state index >= 15 is 0 Å². The van der Waals surface area contributed by atoms with Crippen molar-refractivity contribution in [3.63, 3.8) is 0 Å². The lowest BCUT2D eigenvalue weighted by molar-refractivity contribution is 0.732. The molecule has 0 saturated heterocycles. The van der Waals surface area contributed by atoms with Crippen molar-refractivity contribution in [2.24, 2.45) is 16.6 Å². The molecule has 0 spiro atoms. The molecule has 1 atom stereocenters. The molecule has 1 unspecified atom stereocenters. The predicted octanol–water partition coefficient (Wildman–Crippen LogP) is 3.27. The van der Waals surface area contributed by atoms with E-state index in [1.165, 1.54) is 0 Å². The highest BCUT2D eigenvalue weighted by molar-refractivity contribution is 6.30. The number of hydrogen-bond acceptors (Lipinski definition) is 1. The maximum atomic E-state index is 5.94. The van der Waals surface area contributed by atoms with Crippen LogP contribution in [0.1, 0.15) is 40.5 Å². The van der Waals surface area contributed by atoms with Gasteiger partial charge in [-0.3, -0.25) is 0 Å². The number of allylic oxidation sites excluding steroid dienone is 1. The molecule has 0 aliphatic rings. The van der Waals surface area contributed by atoms with E-state index in [-0.39, 0.29) is 0 Å². The number of aliphatic imine (C=N–C) groups is 1. The normalized spacial score (nSPS) is 16.8. The number of hydrogen-bond donors (Lipinski definition) is 1.